The van der Waals surface area contributed by atoms with Gasteiger partial charge in [0.05, 0.1) is 16.9 Å². The molecule has 0 saturated heterocycles. The van der Waals surface area contributed by atoms with Crippen molar-refractivity contribution in [2.24, 2.45) is 0 Å². The lowest BCUT2D eigenvalue weighted by atomic mass is 10.1. The number of tetrazole rings is 1. The number of hydrogen-bond acceptors (Lipinski definition) is 5. The Bertz CT molecular complexity index is 1180. The molecule has 0 aliphatic heterocycles. The van der Waals surface area contributed by atoms with Gasteiger partial charge in [-0.15, -0.1) is 5.10 Å². The van der Waals surface area contributed by atoms with Crippen molar-refractivity contribution < 1.29 is 8.78 Å². The number of hydrogen-bond donors (Lipinski definition) is 0. The fraction of sp³-hybridized carbons (Fsp3) is 0.190. The molecule has 0 atom stereocenters. The van der Waals surface area contributed by atoms with Crippen LogP contribution in [0.2, 0.25) is 0 Å². The first-order chi connectivity index (χ1) is 14.1. The molecule has 1 fully saturated rings. The first-order valence-electron chi connectivity index (χ1n) is 9.28. The van der Waals surface area contributed by atoms with Crippen LogP contribution in [-0.2, 0) is 0 Å². The Morgan fingerprint density at radius 2 is 1.72 bits per heavy atom. The highest BCUT2D eigenvalue weighted by Crippen LogP contribution is 2.40. The van der Waals surface area contributed by atoms with E-state index in [9.17, 15) is 8.78 Å². The van der Waals surface area contributed by atoms with Gasteiger partial charge in [-0.3, -0.25) is 0 Å². The molecule has 6 nitrogen and oxygen atoms in total. The van der Waals surface area contributed by atoms with Crippen molar-refractivity contribution in [3.05, 3.63) is 71.7 Å². The third-order valence-corrected chi connectivity index (χ3v) is 4.87. The lowest BCUT2D eigenvalue weighted by Gasteiger charge is -2.11. The standard InChI is InChI=1S/C21H16F2N6/c1-12-2-6-17(7-3-12)29-21(26-27-28-29)18-11-24-20(13-4-5-13)25-19(18)14-8-15(22)10-16(23)9-14/h2-3,6-11,13H,4-5H2,1H3. The predicted octanol–water partition coefficient (Wildman–Crippen LogP) is 4.25. The normalized spacial score (nSPS) is 13.6. The van der Waals surface area contributed by atoms with Gasteiger partial charge in [-0.2, -0.15) is 4.68 Å². The molecule has 144 valence electrons. The van der Waals surface area contributed by atoms with Gasteiger partial charge in [0, 0.05) is 23.7 Å². The highest BCUT2D eigenvalue weighted by atomic mass is 19.1. The second-order valence-corrected chi connectivity index (χ2v) is 7.17. The molecule has 29 heavy (non-hydrogen) atoms. The third kappa shape index (κ3) is 3.37. The zero-order valence-electron chi connectivity index (χ0n) is 15.5. The van der Waals surface area contributed by atoms with E-state index in [0.717, 1.165) is 30.2 Å². The molecular weight excluding hydrogens is 374 g/mol. The minimum absolute atomic E-state index is 0.286. The summed E-state index contributed by atoms with van der Waals surface area (Å²) in [5.41, 5.74) is 3.10. The maximum absolute atomic E-state index is 13.9. The first kappa shape index (κ1) is 17.5. The number of aryl methyl sites for hydroxylation is 1. The van der Waals surface area contributed by atoms with E-state index in [1.54, 1.807) is 10.9 Å². The van der Waals surface area contributed by atoms with E-state index < -0.39 is 11.6 Å². The summed E-state index contributed by atoms with van der Waals surface area (Å²) in [6, 6.07) is 11.1. The van der Waals surface area contributed by atoms with Gasteiger partial charge >= 0.3 is 0 Å². The third-order valence-electron chi connectivity index (χ3n) is 4.87. The second kappa shape index (κ2) is 6.80. The van der Waals surface area contributed by atoms with Crippen LogP contribution < -0.4 is 0 Å². The SMILES string of the molecule is Cc1ccc(-n2nnnc2-c2cnc(C3CC3)nc2-c2cc(F)cc(F)c2)cc1. The van der Waals surface area contributed by atoms with Crippen LogP contribution in [0.15, 0.2) is 48.7 Å². The summed E-state index contributed by atoms with van der Waals surface area (Å²) in [5.74, 6) is 0.0132. The van der Waals surface area contributed by atoms with Crippen LogP contribution >= 0.6 is 0 Å². The fourth-order valence-corrected chi connectivity index (χ4v) is 3.22. The van der Waals surface area contributed by atoms with Gasteiger partial charge in [-0.1, -0.05) is 17.7 Å². The first-order valence-corrected chi connectivity index (χ1v) is 9.28. The Morgan fingerprint density at radius 1 is 1.00 bits per heavy atom. The molecule has 2 aromatic carbocycles. The zero-order valence-corrected chi connectivity index (χ0v) is 15.5. The van der Waals surface area contributed by atoms with Gasteiger partial charge in [-0.25, -0.2) is 18.7 Å². The molecule has 2 heterocycles. The average molecular weight is 390 g/mol. The largest absolute Gasteiger partial charge is 0.240 e. The van der Waals surface area contributed by atoms with E-state index >= 15 is 0 Å². The van der Waals surface area contributed by atoms with Crippen LogP contribution in [0, 0.1) is 18.6 Å². The molecule has 0 unspecified atom stereocenters. The number of aromatic nitrogens is 6. The van der Waals surface area contributed by atoms with Crippen molar-refractivity contribution in [1.82, 2.24) is 30.2 Å². The Hall–Kier alpha value is -3.55. The fourth-order valence-electron chi connectivity index (χ4n) is 3.22. The Morgan fingerprint density at radius 3 is 2.41 bits per heavy atom. The van der Waals surface area contributed by atoms with Gasteiger partial charge < -0.3 is 0 Å². The number of benzene rings is 2. The average Bonchev–Trinajstić information content (AvgIpc) is 3.45. The van der Waals surface area contributed by atoms with Crippen molar-refractivity contribution in [2.75, 3.05) is 0 Å². The van der Waals surface area contributed by atoms with E-state index in [1.165, 1.54) is 12.1 Å². The number of halogens is 2. The number of nitrogens with zero attached hydrogens (tertiary/aromatic N) is 6. The van der Waals surface area contributed by atoms with Crippen molar-refractivity contribution in [3.63, 3.8) is 0 Å². The summed E-state index contributed by atoms with van der Waals surface area (Å²) in [7, 11) is 0. The predicted molar refractivity (Wildman–Crippen MR) is 102 cm³/mol. The van der Waals surface area contributed by atoms with Crippen LogP contribution in [-0.4, -0.2) is 30.2 Å². The topological polar surface area (TPSA) is 69.4 Å². The Balaban J connectivity index is 1.70. The van der Waals surface area contributed by atoms with Crippen molar-refractivity contribution >= 4 is 0 Å². The molecule has 1 aliphatic carbocycles. The maximum atomic E-state index is 13.9. The summed E-state index contributed by atoms with van der Waals surface area (Å²) in [6.45, 7) is 1.99. The molecule has 0 amide bonds. The van der Waals surface area contributed by atoms with Crippen LogP contribution in [0.25, 0.3) is 28.3 Å². The Labute approximate surface area is 165 Å². The van der Waals surface area contributed by atoms with Crippen LogP contribution in [0.4, 0.5) is 8.78 Å². The lowest BCUT2D eigenvalue weighted by Crippen LogP contribution is -2.04. The molecule has 1 aliphatic rings. The molecule has 4 aromatic rings. The summed E-state index contributed by atoms with van der Waals surface area (Å²) in [5, 5.41) is 12.0. The van der Waals surface area contributed by atoms with Crippen molar-refractivity contribution in [1.29, 1.82) is 0 Å². The second-order valence-electron chi connectivity index (χ2n) is 7.17. The summed E-state index contributed by atoms with van der Waals surface area (Å²) >= 11 is 0. The van der Waals surface area contributed by atoms with Gasteiger partial charge in [-0.05, 0) is 54.5 Å². The molecule has 2 aromatic heterocycles. The summed E-state index contributed by atoms with van der Waals surface area (Å²) in [4.78, 5) is 9.11. The lowest BCUT2D eigenvalue weighted by molar-refractivity contribution is 0.584. The smallest absolute Gasteiger partial charge is 0.190 e. The number of rotatable bonds is 4. The van der Waals surface area contributed by atoms with Crippen LogP contribution in [0.3, 0.4) is 0 Å². The molecule has 0 bridgehead atoms. The van der Waals surface area contributed by atoms with E-state index in [1.807, 2.05) is 31.2 Å². The summed E-state index contributed by atoms with van der Waals surface area (Å²) < 4.78 is 29.4. The molecular formula is C21H16F2N6. The van der Waals surface area contributed by atoms with Crippen LogP contribution in [0.5, 0.6) is 0 Å². The van der Waals surface area contributed by atoms with Gasteiger partial charge in [0.25, 0.3) is 0 Å². The van der Waals surface area contributed by atoms with E-state index in [0.29, 0.717) is 28.5 Å². The summed E-state index contributed by atoms with van der Waals surface area (Å²) in [6.07, 6.45) is 3.66. The molecule has 8 heteroatoms. The van der Waals surface area contributed by atoms with Gasteiger partial charge in [0.1, 0.15) is 17.5 Å². The molecule has 1 saturated carbocycles. The highest BCUT2D eigenvalue weighted by Gasteiger charge is 2.28. The van der Waals surface area contributed by atoms with Gasteiger partial charge in [0.15, 0.2) is 5.82 Å². The molecule has 0 spiro atoms. The highest BCUT2D eigenvalue weighted by molar-refractivity contribution is 5.77. The molecule has 5 rings (SSSR count). The Kier molecular flexibility index (Phi) is 4.12. The van der Waals surface area contributed by atoms with Gasteiger partial charge in [0.2, 0.25) is 0 Å². The van der Waals surface area contributed by atoms with E-state index in [-0.39, 0.29) is 5.92 Å². The van der Waals surface area contributed by atoms with Crippen LogP contribution in [0.1, 0.15) is 30.1 Å². The van der Waals surface area contributed by atoms with E-state index in [2.05, 4.69) is 25.5 Å². The van der Waals surface area contributed by atoms with E-state index in [4.69, 9.17) is 0 Å². The minimum Gasteiger partial charge on any atom is -0.240 e. The van der Waals surface area contributed by atoms with Crippen molar-refractivity contribution in [3.8, 4) is 28.3 Å². The monoisotopic (exact) mass is 390 g/mol. The zero-order chi connectivity index (χ0) is 20.0. The quantitative estimate of drug-likeness (QED) is 0.521. The molecule has 0 N–H and O–H groups in total. The maximum Gasteiger partial charge on any atom is 0.190 e. The minimum atomic E-state index is -0.671. The molecule has 0 radical (unpaired) electrons. The van der Waals surface area contributed by atoms with Crippen molar-refractivity contribution in [2.45, 2.75) is 25.7 Å².